The summed E-state index contributed by atoms with van der Waals surface area (Å²) < 4.78 is 64.4. The number of carbonyl (C=O) groups excluding carboxylic acids is 2. The Labute approximate surface area is 355 Å². The van der Waals surface area contributed by atoms with E-state index in [4.69, 9.17) is 27.9 Å². The molecule has 0 unspecified atom stereocenters. The number of alkyl halides is 1. The van der Waals surface area contributed by atoms with Crippen molar-refractivity contribution in [3.63, 3.8) is 0 Å². The lowest BCUT2D eigenvalue weighted by Crippen LogP contribution is -2.39. The summed E-state index contributed by atoms with van der Waals surface area (Å²) in [6.07, 6.45) is 8.97. The summed E-state index contributed by atoms with van der Waals surface area (Å²) in [5.74, 6) is -0.718. The van der Waals surface area contributed by atoms with Gasteiger partial charge in [0, 0.05) is 21.1 Å². The van der Waals surface area contributed by atoms with Crippen LogP contribution in [0.1, 0.15) is 96.1 Å². The molecule has 308 valence electrons. The molecule has 2 saturated carbocycles. The smallest absolute Gasteiger partial charge is 0.337 e. The number of nitrogens with one attached hydrogen (secondary N) is 1. The number of esters is 2. The molecule has 6 rings (SSSR count). The Balaban J connectivity index is 0.000000210. The quantitative estimate of drug-likeness (QED) is 0.116. The van der Waals surface area contributed by atoms with Crippen molar-refractivity contribution < 1.29 is 35.9 Å². The van der Waals surface area contributed by atoms with E-state index in [1.165, 1.54) is 18.5 Å². The highest BCUT2D eigenvalue weighted by atomic mass is 79.9. The first-order valence-electron chi connectivity index (χ1n) is 18.7. The first kappa shape index (κ1) is 46.1. The average Bonchev–Trinajstić information content (AvgIpc) is 3.23. The number of rotatable bonds is 11. The summed E-state index contributed by atoms with van der Waals surface area (Å²) in [4.78, 5) is 22.6. The molecule has 0 saturated heterocycles. The highest BCUT2D eigenvalue weighted by Gasteiger charge is 2.33. The molecule has 10 nitrogen and oxygen atoms in total. The Morgan fingerprint density at radius 3 is 1.61 bits per heavy atom. The zero-order valence-electron chi connectivity index (χ0n) is 32.0. The van der Waals surface area contributed by atoms with Gasteiger partial charge in [0.25, 0.3) is 0 Å². The number of nitrogens with zero attached hydrogens (tertiary/aromatic N) is 1. The minimum absolute atomic E-state index is 0.181. The molecule has 2 aliphatic carbocycles. The molecule has 0 atom stereocenters. The van der Waals surface area contributed by atoms with Gasteiger partial charge in [0.15, 0.2) is 0 Å². The Kier molecular flexibility index (Phi) is 18.2. The van der Waals surface area contributed by atoms with Crippen LogP contribution < -0.4 is 9.03 Å². The Hall–Kier alpha value is -3.62. The summed E-state index contributed by atoms with van der Waals surface area (Å²) >= 11 is 15.3. The van der Waals surface area contributed by atoms with Crippen molar-refractivity contribution in [1.82, 2.24) is 0 Å². The molecule has 0 aliphatic heterocycles. The largest absolute Gasteiger partial charge is 0.465 e. The van der Waals surface area contributed by atoms with Gasteiger partial charge in [-0.15, -0.1) is 0 Å². The van der Waals surface area contributed by atoms with Crippen molar-refractivity contribution in [2.24, 2.45) is 0 Å². The second-order valence-electron chi connectivity index (χ2n) is 13.7. The molecular weight excluding hydrogens is 875 g/mol. The van der Waals surface area contributed by atoms with Gasteiger partial charge in [-0.05, 0) is 97.5 Å². The predicted molar refractivity (Wildman–Crippen MR) is 232 cm³/mol. The van der Waals surface area contributed by atoms with Gasteiger partial charge < -0.3 is 9.47 Å². The van der Waals surface area contributed by atoms with E-state index in [9.17, 15) is 26.4 Å². The molecule has 0 amide bonds. The number of sulfonamides is 2. The van der Waals surface area contributed by atoms with Crippen LogP contribution in [0.3, 0.4) is 0 Å². The monoisotopic (exact) mass is 922 g/mol. The molecule has 57 heavy (non-hydrogen) atoms. The predicted octanol–water partition coefficient (Wildman–Crippen LogP) is 10.6. The standard InChI is InChI=1S/C21H24ClNO4S.C12H16ClNO2S.C9H9BrO2/c1-27-21(24)17-12-10-16(11-13-17)15-23(19-7-5-6-18(22)14-19)28(25,26)20-8-3-2-4-9-20;13-10-5-4-6-11(9-10)14-17(15,16)12-7-2-1-3-8-12;1-12-9(11)8-4-2-7(6-10)3-5-8/h5-7,10-14,20H,2-4,8-9,15H2,1H3;4-6,9,12,14H,1-3,7-8H2;2-5H,6H2,1H3. The number of halogens is 3. The normalized spacial score (nSPS) is 14.8. The van der Waals surface area contributed by atoms with Crippen molar-refractivity contribution in [2.45, 2.75) is 86.6 Å². The van der Waals surface area contributed by atoms with E-state index in [1.807, 2.05) is 12.1 Å². The Morgan fingerprint density at radius 1 is 0.667 bits per heavy atom. The first-order valence-corrected chi connectivity index (χ1v) is 23.6. The lowest BCUT2D eigenvalue weighted by atomic mass is 10.0. The summed E-state index contributed by atoms with van der Waals surface area (Å²) in [6.45, 7) is 0.181. The summed E-state index contributed by atoms with van der Waals surface area (Å²) in [5.41, 5.74) is 4.03. The minimum Gasteiger partial charge on any atom is -0.465 e. The van der Waals surface area contributed by atoms with Gasteiger partial charge in [0.1, 0.15) is 0 Å². The highest BCUT2D eigenvalue weighted by molar-refractivity contribution is 9.08. The van der Waals surface area contributed by atoms with Crippen molar-refractivity contribution in [3.05, 3.63) is 129 Å². The SMILES string of the molecule is COC(=O)c1ccc(CBr)cc1.COC(=O)c1ccc(CN(c2cccc(Cl)c2)S(=O)(=O)C2CCCCC2)cc1.O=S(=O)(Nc1cccc(Cl)c1)C1CCCCC1. The summed E-state index contributed by atoms with van der Waals surface area (Å²) in [7, 11) is -4.10. The second-order valence-corrected chi connectivity index (χ2v) is 19.3. The number of benzene rings is 4. The molecule has 0 spiro atoms. The van der Waals surface area contributed by atoms with Crippen LogP contribution in [0.2, 0.25) is 10.0 Å². The fourth-order valence-electron chi connectivity index (χ4n) is 6.56. The highest BCUT2D eigenvalue weighted by Crippen LogP contribution is 2.32. The zero-order chi connectivity index (χ0) is 41.4. The van der Waals surface area contributed by atoms with Crippen LogP contribution in [0, 0.1) is 0 Å². The zero-order valence-corrected chi connectivity index (χ0v) is 36.8. The second kappa shape index (κ2) is 22.5. The molecule has 0 aromatic heterocycles. The lowest BCUT2D eigenvalue weighted by molar-refractivity contribution is 0.0592. The van der Waals surface area contributed by atoms with Crippen LogP contribution in [0.4, 0.5) is 11.4 Å². The van der Waals surface area contributed by atoms with E-state index in [-0.39, 0.29) is 23.0 Å². The molecule has 4 aromatic rings. The van der Waals surface area contributed by atoms with Crippen LogP contribution in [-0.2, 0) is 41.4 Å². The van der Waals surface area contributed by atoms with Crippen LogP contribution in [0.5, 0.6) is 0 Å². The maximum atomic E-state index is 13.4. The molecule has 1 N–H and O–H groups in total. The Morgan fingerprint density at radius 2 is 1.14 bits per heavy atom. The molecular formula is C42H49BrCl2N2O8S2. The fourth-order valence-corrected chi connectivity index (χ4v) is 10.9. The van der Waals surface area contributed by atoms with Gasteiger partial charge >= 0.3 is 11.9 Å². The van der Waals surface area contributed by atoms with E-state index in [0.29, 0.717) is 45.4 Å². The maximum absolute atomic E-state index is 13.4. The van der Waals surface area contributed by atoms with Gasteiger partial charge in [-0.1, -0.05) is 114 Å². The molecule has 15 heteroatoms. The molecule has 2 fully saturated rings. The first-order chi connectivity index (χ1) is 27.3. The number of carbonyl (C=O) groups is 2. The van der Waals surface area contributed by atoms with Crippen LogP contribution in [0.25, 0.3) is 0 Å². The number of anilines is 2. The van der Waals surface area contributed by atoms with Crippen molar-refractivity contribution in [1.29, 1.82) is 0 Å². The Bertz CT molecular complexity index is 2130. The lowest BCUT2D eigenvalue weighted by Gasteiger charge is -2.31. The van der Waals surface area contributed by atoms with E-state index in [1.54, 1.807) is 84.9 Å². The van der Waals surface area contributed by atoms with E-state index in [2.05, 4.69) is 25.4 Å². The van der Waals surface area contributed by atoms with Gasteiger partial charge in [0.05, 0.1) is 48.1 Å². The van der Waals surface area contributed by atoms with Crippen LogP contribution in [-0.4, -0.2) is 53.5 Å². The number of hydrogen-bond acceptors (Lipinski definition) is 8. The van der Waals surface area contributed by atoms with Gasteiger partial charge in [-0.2, -0.15) is 0 Å². The minimum atomic E-state index is -3.54. The van der Waals surface area contributed by atoms with Crippen molar-refractivity contribution in [3.8, 4) is 0 Å². The van der Waals surface area contributed by atoms with Gasteiger partial charge in [-0.3, -0.25) is 9.03 Å². The van der Waals surface area contributed by atoms with Crippen molar-refractivity contribution in [2.75, 3.05) is 23.2 Å². The number of ether oxygens (including phenoxy) is 2. The van der Waals surface area contributed by atoms with E-state index < -0.39 is 26.0 Å². The maximum Gasteiger partial charge on any atom is 0.337 e. The molecule has 2 aliphatic rings. The van der Waals surface area contributed by atoms with Crippen molar-refractivity contribution >= 4 is 82.5 Å². The topological polar surface area (TPSA) is 136 Å². The van der Waals surface area contributed by atoms with Crippen LogP contribution >= 0.6 is 39.1 Å². The van der Waals surface area contributed by atoms with Crippen LogP contribution in [0.15, 0.2) is 97.1 Å². The average molecular weight is 925 g/mol. The van der Waals surface area contributed by atoms with Gasteiger partial charge in [0.2, 0.25) is 20.0 Å². The third kappa shape index (κ3) is 14.0. The fraction of sp³-hybridized carbons (Fsp3) is 0.381. The third-order valence-electron chi connectivity index (χ3n) is 9.68. The summed E-state index contributed by atoms with van der Waals surface area (Å²) in [5, 5.41) is 1.19. The summed E-state index contributed by atoms with van der Waals surface area (Å²) in [6, 6.07) is 27.8. The molecule has 4 aromatic carbocycles. The number of hydrogen-bond donors (Lipinski definition) is 1. The van der Waals surface area contributed by atoms with E-state index in [0.717, 1.165) is 67.8 Å². The van der Waals surface area contributed by atoms with E-state index >= 15 is 0 Å². The third-order valence-corrected chi connectivity index (χ3v) is 14.9. The molecule has 0 radical (unpaired) electrons. The number of methoxy groups -OCH3 is 2. The molecule has 0 heterocycles. The van der Waals surface area contributed by atoms with Gasteiger partial charge in [-0.25, -0.2) is 26.4 Å². The molecule has 0 bridgehead atoms.